The number of benzene rings is 2. The van der Waals surface area contributed by atoms with E-state index in [-0.39, 0.29) is 11.8 Å². The largest absolute Gasteiger partial charge is 0.356 e. The second-order valence-electron chi connectivity index (χ2n) is 7.86. The van der Waals surface area contributed by atoms with Crippen LogP contribution in [0.25, 0.3) is 0 Å². The van der Waals surface area contributed by atoms with Crippen molar-refractivity contribution in [2.45, 2.75) is 32.7 Å². The molecule has 0 radical (unpaired) electrons. The molecule has 0 saturated heterocycles. The van der Waals surface area contributed by atoms with E-state index in [0.29, 0.717) is 43.6 Å². The molecule has 1 N–H and O–H groups in total. The second-order valence-corrected chi connectivity index (χ2v) is 7.86. The van der Waals surface area contributed by atoms with Crippen molar-refractivity contribution in [1.29, 1.82) is 0 Å². The van der Waals surface area contributed by atoms with Crippen LogP contribution in [0, 0.1) is 0 Å². The molecule has 0 fully saturated rings. The summed E-state index contributed by atoms with van der Waals surface area (Å²) in [5.41, 5.74) is 5.02. The van der Waals surface area contributed by atoms with Crippen LogP contribution in [0.3, 0.4) is 0 Å². The van der Waals surface area contributed by atoms with Crippen LogP contribution in [0.4, 0.5) is 5.69 Å². The highest BCUT2D eigenvalue weighted by molar-refractivity contribution is 6.09. The smallest absolute Gasteiger partial charge is 0.277 e. The lowest BCUT2D eigenvalue weighted by Gasteiger charge is -2.28. The molecular formula is C25H26N4O3. The molecule has 2 aromatic carbocycles. The fourth-order valence-electron chi connectivity index (χ4n) is 3.96. The van der Waals surface area contributed by atoms with Crippen LogP contribution >= 0.6 is 0 Å². The van der Waals surface area contributed by atoms with Crippen LogP contribution in [0.5, 0.6) is 0 Å². The van der Waals surface area contributed by atoms with Gasteiger partial charge in [0, 0.05) is 25.2 Å². The zero-order valence-electron chi connectivity index (χ0n) is 18.1. The number of hydrogen-bond acceptors (Lipinski definition) is 4. The predicted molar refractivity (Wildman–Crippen MR) is 122 cm³/mol. The average Bonchev–Trinajstić information content (AvgIpc) is 3.24. The molecule has 0 unspecified atom stereocenters. The van der Waals surface area contributed by atoms with Crippen LogP contribution in [-0.4, -0.2) is 41.0 Å². The van der Waals surface area contributed by atoms with E-state index < -0.39 is 0 Å². The third kappa shape index (κ3) is 4.61. The maximum Gasteiger partial charge on any atom is 0.277 e. The lowest BCUT2D eigenvalue weighted by atomic mass is 10.0. The molecule has 1 aromatic heterocycles. The molecule has 0 aliphatic carbocycles. The van der Waals surface area contributed by atoms with Gasteiger partial charge >= 0.3 is 0 Å². The van der Waals surface area contributed by atoms with Gasteiger partial charge in [-0.1, -0.05) is 43.3 Å². The topological polar surface area (TPSA) is 84.3 Å². The highest BCUT2D eigenvalue weighted by Crippen LogP contribution is 2.23. The summed E-state index contributed by atoms with van der Waals surface area (Å²) in [5.74, 6) is -0.133. The summed E-state index contributed by atoms with van der Waals surface area (Å²) >= 11 is 0. The number of fused-ring (bicyclic) bond motifs is 1. The van der Waals surface area contributed by atoms with Gasteiger partial charge in [-0.3, -0.25) is 19.1 Å². The molecule has 0 bridgehead atoms. The van der Waals surface area contributed by atoms with Gasteiger partial charge < -0.3 is 10.2 Å². The summed E-state index contributed by atoms with van der Waals surface area (Å²) in [5, 5.41) is 7.03. The van der Waals surface area contributed by atoms with Gasteiger partial charge in [0.05, 0.1) is 18.3 Å². The van der Waals surface area contributed by atoms with Crippen molar-refractivity contribution >= 4 is 23.8 Å². The number of rotatable bonds is 8. The Bertz CT molecular complexity index is 1130. The fraction of sp³-hybridized carbons (Fsp3) is 0.280. The molecule has 0 saturated carbocycles. The number of carbonyl (C=O) groups is 3. The fourth-order valence-corrected chi connectivity index (χ4v) is 3.96. The Morgan fingerprint density at radius 3 is 2.62 bits per heavy atom. The molecule has 0 spiro atoms. The first kappa shape index (κ1) is 21.5. The van der Waals surface area contributed by atoms with E-state index in [1.54, 1.807) is 9.58 Å². The first-order valence-electron chi connectivity index (χ1n) is 10.9. The molecule has 0 atom stereocenters. The number of hydrogen-bond donors (Lipinski definition) is 1. The summed E-state index contributed by atoms with van der Waals surface area (Å²) < 4.78 is 1.59. The summed E-state index contributed by atoms with van der Waals surface area (Å²) in [4.78, 5) is 37.2. The second kappa shape index (κ2) is 9.60. The van der Waals surface area contributed by atoms with E-state index >= 15 is 0 Å². The van der Waals surface area contributed by atoms with Gasteiger partial charge in [-0.25, -0.2) is 0 Å². The van der Waals surface area contributed by atoms with Crippen molar-refractivity contribution in [3.05, 3.63) is 82.7 Å². The SMILES string of the molecule is CCC(=O)NCCc1cccc(Cc2ccc(N3CCn4ncc(C=O)c4C3=O)cc2)c1. The van der Waals surface area contributed by atoms with Crippen molar-refractivity contribution < 1.29 is 14.4 Å². The van der Waals surface area contributed by atoms with Gasteiger partial charge in [0.15, 0.2) is 6.29 Å². The van der Waals surface area contributed by atoms with E-state index in [2.05, 4.69) is 28.6 Å². The Morgan fingerprint density at radius 2 is 1.88 bits per heavy atom. The molecule has 1 aliphatic heterocycles. The molecule has 4 rings (SSSR count). The number of aromatic nitrogens is 2. The standard InChI is InChI=1S/C25H26N4O3/c1-2-23(31)26-11-10-18-4-3-5-20(14-18)15-19-6-8-22(9-7-19)28-12-13-29-24(25(28)32)21(17-30)16-27-29/h3-9,14,16-17H,2,10-13,15H2,1H3,(H,26,31). The van der Waals surface area contributed by atoms with E-state index in [0.717, 1.165) is 24.1 Å². The Hall–Kier alpha value is -3.74. The number of anilines is 1. The molecular weight excluding hydrogens is 404 g/mol. The average molecular weight is 431 g/mol. The zero-order chi connectivity index (χ0) is 22.5. The van der Waals surface area contributed by atoms with E-state index in [4.69, 9.17) is 0 Å². The quantitative estimate of drug-likeness (QED) is 0.557. The van der Waals surface area contributed by atoms with Gasteiger partial charge in [-0.2, -0.15) is 5.10 Å². The van der Waals surface area contributed by atoms with E-state index in [1.807, 2.05) is 37.3 Å². The summed E-state index contributed by atoms with van der Waals surface area (Å²) in [6.07, 6.45) is 4.20. The number of amides is 2. The number of nitrogens with zero attached hydrogens (tertiary/aromatic N) is 3. The molecule has 2 heterocycles. The maximum atomic E-state index is 12.9. The third-order valence-electron chi connectivity index (χ3n) is 5.68. The Morgan fingerprint density at radius 1 is 1.09 bits per heavy atom. The summed E-state index contributed by atoms with van der Waals surface area (Å²) in [7, 11) is 0. The van der Waals surface area contributed by atoms with Crippen LogP contribution in [-0.2, 0) is 24.2 Å². The highest BCUT2D eigenvalue weighted by Gasteiger charge is 2.29. The van der Waals surface area contributed by atoms with Gasteiger partial charge in [0.2, 0.25) is 5.91 Å². The molecule has 7 nitrogen and oxygen atoms in total. The normalized spacial score (nSPS) is 13.0. The van der Waals surface area contributed by atoms with Crippen LogP contribution in [0.2, 0.25) is 0 Å². The van der Waals surface area contributed by atoms with Crippen molar-refractivity contribution in [3.63, 3.8) is 0 Å². The Kier molecular flexibility index (Phi) is 6.44. The summed E-state index contributed by atoms with van der Waals surface area (Å²) in [6, 6.07) is 16.3. The van der Waals surface area contributed by atoms with E-state index in [9.17, 15) is 14.4 Å². The van der Waals surface area contributed by atoms with Crippen LogP contribution < -0.4 is 10.2 Å². The van der Waals surface area contributed by atoms with Crippen LogP contribution in [0.15, 0.2) is 54.7 Å². The van der Waals surface area contributed by atoms with Crippen LogP contribution in [0.1, 0.15) is 50.9 Å². The Balaban J connectivity index is 1.41. The van der Waals surface area contributed by atoms with Crippen molar-refractivity contribution in [1.82, 2.24) is 15.1 Å². The number of aldehydes is 1. The molecule has 3 aromatic rings. The van der Waals surface area contributed by atoms with Crippen molar-refractivity contribution in [2.75, 3.05) is 18.0 Å². The maximum absolute atomic E-state index is 12.9. The minimum absolute atomic E-state index is 0.0697. The van der Waals surface area contributed by atoms with Gasteiger partial charge in [0.25, 0.3) is 5.91 Å². The van der Waals surface area contributed by atoms with Crippen molar-refractivity contribution in [2.24, 2.45) is 0 Å². The molecule has 2 amide bonds. The lowest BCUT2D eigenvalue weighted by Crippen LogP contribution is -2.41. The number of carbonyl (C=O) groups excluding carboxylic acids is 3. The Labute approximate surface area is 187 Å². The lowest BCUT2D eigenvalue weighted by molar-refractivity contribution is -0.120. The first-order chi connectivity index (χ1) is 15.6. The third-order valence-corrected chi connectivity index (χ3v) is 5.68. The molecule has 7 heteroatoms. The first-order valence-corrected chi connectivity index (χ1v) is 10.9. The molecule has 1 aliphatic rings. The van der Waals surface area contributed by atoms with E-state index in [1.165, 1.54) is 17.3 Å². The van der Waals surface area contributed by atoms with Gasteiger partial charge in [-0.15, -0.1) is 0 Å². The number of nitrogens with one attached hydrogen (secondary N) is 1. The minimum atomic E-state index is -0.202. The molecule has 32 heavy (non-hydrogen) atoms. The van der Waals surface area contributed by atoms with Gasteiger partial charge in [0.1, 0.15) is 5.69 Å². The van der Waals surface area contributed by atoms with Crippen molar-refractivity contribution in [3.8, 4) is 0 Å². The zero-order valence-corrected chi connectivity index (χ0v) is 18.1. The molecule has 164 valence electrons. The summed E-state index contributed by atoms with van der Waals surface area (Å²) in [6.45, 7) is 3.56. The minimum Gasteiger partial charge on any atom is -0.356 e. The monoisotopic (exact) mass is 430 g/mol. The predicted octanol–water partition coefficient (Wildman–Crippen LogP) is 3.02. The highest BCUT2D eigenvalue weighted by atomic mass is 16.2. The van der Waals surface area contributed by atoms with Gasteiger partial charge in [-0.05, 0) is 41.7 Å².